The molecule has 2 amide bonds. The minimum absolute atomic E-state index is 0.0565. The van der Waals surface area contributed by atoms with Crippen LogP contribution >= 0.6 is 0 Å². The summed E-state index contributed by atoms with van der Waals surface area (Å²) < 4.78 is 18.0. The number of benzene rings is 4. The molecular formula is C47H53N5O8. The van der Waals surface area contributed by atoms with E-state index in [1.54, 1.807) is 31.4 Å². The standard InChI is InChI=1S/C47H53N5O8/c1-58-41-25-34(10-11-35(41)26-48-27-40(54)37-12-14-39(53)45-38(37)13-15-43(55)49-45)46(56)52-22-16-30(17-23-52)29-59-36-9-5-8-33(24-36)44(32-6-3-2-4-7-32)50-47(57)60-42-28-51-20-18-31(42)19-21-51/h2-15,24-25,30-31,40,42,44,48,53-54H,16-23,26-29H2,1H3,(H,49,55)(H,50,57)/t40-,42+,44?/m1/s1. The number of phenols is 1. The van der Waals surface area contributed by atoms with Crippen LogP contribution in [0.25, 0.3) is 10.9 Å². The number of carbonyl (C=O) groups excluding carboxylic acids is 2. The molecule has 1 aromatic heterocycles. The van der Waals surface area contributed by atoms with E-state index in [2.05, 4.69) is 20.5 Å². The number of rotatable bonds is 14. The maximum Gasteiger partial charge on any atom is 0.408 e. The third kappa shape index (κ3) is 9.44. The number of H-pyrrole nitrogens is 1. The van der Waals surface area contributed by atoms with E-state index in [-0.39, 0.29) is 41.3 Å². The van der Waals surface area contributed by atoms with Crippen LogP contribution in [0, 0.1) is 11.8 Å². The number of ether oxygens (including phenoxy) is 3. The first-order valence-electron chi connectivity index (χ1n) is 20.9. The van der Waals surface area contributed by atoms with Crippen LogP contribution < -0.4 is 25.7 Å². The first-order chi connectivity index (χ1) is 29.2. The number of likely N-dealkylation sites (tertiary alicyclic amines) is 1. The van der Waals surface area contributed by atoms with E-state index in [9.17, 15) is 24.6 Å². The predicted octanol–water partition coefficient (Wildman–Crippen LogP) is 5.91. The van der Waals surface area contributed by atoms with Crippen LogP contribution in [0.3, 0.4) is 0 Å². The summed E-state index contributed by atoms with van der Waals surface area (Å²) in [5.74, 6) is 1.87. The fourth-order valence-corrected chi connectivity index (χ4v) is 8.85. The van der Waals surface area contributed by atoms with Crippen LogP contribution in [0.2, 0.25) is 0 Å². The second-order valence-corrected chi connectivity index (χ2v) is 16.1. The number of piperidine rings is 4. The number of hydrogen-bond donors (Lipinski definition) is 5. The quantitative estimate of drug-likeness (QED) is 0.0911. The van der Waals surface area contributed by atoms with Gasteiger partial charge in [0.25, 0.3) is 5.91 Å². The molecule has 2 bridgehead atoms. The van der Waals surface area contributed by atoms with Gasteiger partial charge in [-0.25, -0.2) is 4.79 Å². The number of pyridine rings is 1. The molecule has 5 N–H and O–H groups in total. The number of phenolic OH excluding ortho intramolecular Hbond substituents is 1. The number of nitrogens with zero attached hydrogens (tertiary/aromatic N) is 2. The number of methoxy groups -OCH3 is 1. The molecule has 5 heterocycles. The Labute approximate surface area is 349 Å². The van der Waals surface area contributed by atoms with E-state index in [4.69, 9.17) is 14.2 Å². The maximum atomic E-state index is 13.6. The first-order valence-corrected chi connectivity index (χ1v) is 20.9. The molecule has 9 rings (SSSR count). The molecule has 1 unspecified atom stereocenters. The van der Waals surface area contributed by atoms with Gasteiger partial charge in [0.2, 0.25) is 5.56 Å². The number of amides is 2. The molecule has 3 atom stereocenters. The Morgan fingerprint density at radius 2 is 1.67 bits per heavy atom. The fourth-order valence-electron chi connectivity index (χ4n) is 8.85. The van der Waals surface area contributed by atoms with E-state index >= 15 is 0 Å². The Morgan fingerprint density at radius 1 is 0.883 bits per heavy atom. The SMILES string of the molecule is COc1cc(C(=O)N2CCC(COc3cccc(C(NC(=O)O[C@H]4CN5CCC4CC5)c4ccccc4)c3)CC2)ccc1CNC[C@@H](O)c1ccc(O)c2[nH]c(=O)ccc12. The number of fused-ring (bicyclic) bond motifs is 4. The number of alkyl carbamates (subject to hydrolysis) is 1. The highest BCUT2D eigenvalue weighted by atomic mass is 16.6. The maximum absolute atomic E-state index is 13.6. The highest BCUT2D eigenvalue weighted by molar-refractivity contribution is 5.95. The number of aromatic hydroxyl groups is 1. The highest BCUT2D eigenvalue weighted by Gasteiger charge is 2.37. The van der Waals surface area contributed by atoms with Gasteiger partial charge in [-0.2, -0.15) is 0 Å². The Hall–Kier alpha value is -5.89. The lowest BCUT2D eigenvalue weighted by molar-refractivity contribution is -0.0336. The fraction of sp³-hybridized carbons (Fsp3) is 0.383. The molecule has 4 aromatic carbocycles. The van der Waals surface area contributed by atoms with Gasteiger partial charge in [-0.1, -0.05) is 54.6 Å². The Bertz CT molecular complexity index is 2340. The molecule has 0 radical (unpaired) electrons. The lowest BCUT2D eigenvalue weighted by Gasteiger charge is -2.43. The molecule has 60 heavy (non-hydrogen) atoms. The number of aromatic nitrogens is 1. The zero-order valence-corrected chi connectivity index (χ0v) is 33.8. The third-order valence-corrected chi connectivity index (χ3v) is 12.3. The van der Waals surface area contributed by atoms with Gasteiger partial charge in [-0.15, -0.1) is 0 Å². The molecule has 13 nitrogen and oxygen atoms in total. The molecule has 4 aliphatic heterocycles. The van der Waals surface area contributed by atoms with Gasteiger partial charge in [-0.05, 0) is 104 Å². The summed E-state index contributed by atoms with van der Waals surface area (Å²) in [6.07, 6.45) is 2.36. The van der Waals surface area contributed by atoms with E-state index in [0.29, 0.717) is 54.4 Å². The summed E-state index contributed by atoms with van der Waals surface area (Å²) in [5, 5.41) is 28.1. The summed E-state index contributed by atoms with van der Waals surface area (Å²) in [5.41, 5.74) is 3.75. The number of aliphatic hydroxyl groups is 1. The average molecular weight is 816 g/mol. The average Bonchev–Trinajstić information content (AvgIpc) is 3.28. The summed E-state index contributed by atoms with van der Waals surface area (Å²) in [6.45, 7) is 5.28. The molecule has 0 saturated carbocycles. The topological polar surface area (TPSA) is 166 Å². The molecular weight excluding hydrogens is 763 g/mol. The Balaban J connectivity index is 0.825. The predicted molar refractivity (Wildman–Crippen MR) is 227 cm³/mol. The smallest absolute Gasteiger partial charge is 0.408 e. The van der Waals surface area contributed by atoms with Crippen molar-refractivity contribution in [3.8, 4) is 17.2 Å². The van der Waals surface area contributed by atoms with Crippen molar-refractivity contribution in [2.24, 2.45) is 11.8 Å². The van der Waals surface area contributed by atoms with E-state index < -0.39 is 18.2 Å². The summed E-state index contributed by atoms with van der Waals surface area (Å²) >= 11 is 0. The number of carbonyl (C=O) groups is 2. The zero-order valence-electron chi connectivity index (χ0n) is 33.8. The lowest BCUT2D eigenvalue weighted by atomic mass is 9.86. The van der Waals surface area contributed by atoms with Crippen molar-refractivity contribution in [3.05, 3.63) is 135 Å². The van der Waals surface area contributed by atoms with E-state index in [0.717, 1.165) is 67.8 Å². The highest BCUT2D eigenvalue weighted by Crippen LogP contribution is 2.32. The van der Waals surface area contributed by atoms with Gasteiger partial charge in [0.1, 0.15) is 23.4 Å². The lowest BCUT2D eigenvalue weighted by Crippen LogP contribution is -2.52. The van der Waals surface area contributed by atoms with Crippen LogP contribution in [0.1, 0.15) is 70.4 Å². The largest absolute Gasteiger partial charge is 0.506 e. The van der Waals surface area contributed by atoms with Gasteiger partial charge in [-0.3, -0.25) is 14.5 Å². The molecule has 13 heteroatoms. The van der Waals surface area contributed by atoms with Crippen molar-refractivity contribution >= 4 is 22.9 Å². The van der Waals surface area contributed by atoms with Gasteiger partial charge in [0.05, 0.1) is 31.4 Å². The normalized spacial score (nSPS) is 20.0. The van der Waals surface area contributed by atoms with Crippen LogP contribution in [0.4, 0.5) is 4.79 Å². The minimum Gasteiger partial charge on any atom is -0.506 e. The third-order valence-electron chi connectivity index (χ3n) is 12.3. The van der Waals surface area contributed by atoms with Crippen LogP contribution in [0.5, 0.6) is 17.2 Å². The van der Waals surface area contributed by atoms with Crippen molar-refractivity contribution in [1.29, 1.82) is 0 Å². The second-order valence-electron chi connectivity index (χ2n) is 16.1. The van der Waals surface area contributed by atoms with Crippen molar-refractivity contribution < 1.29 is 34.0 Å². The number of aliphatic hydroxyl groups excluding tert-OH is 1. The summed E-state index contributed by atoms with van der Waals surface area (Å²) in [6, 6.07) is 28.8. The van der Waals surface area contributed by atoms with Gasteiger partial charge in [0, 0.05) is 55.3 Å². The molecule has 0 spiro atoms. The van der Waals surface area contributed by atoms with E-state index in [1.165, 1.54) is 12.1 Å². The molecule has 0 aliphatic carbocycles. The van der Waals surface area contributed by atoms with Gasteiger partial charge in [0.15, 0.2) is 0 Å². The Kier molecular flexibility index (Phi) is 12.7. The zero-order chi connectivity index (χ0) is 41.6. The van der Waals surface area contributed by atoms with Crippen molar-refractivity contribution in [3.63, 3.8) is 0 Å². The van der Waals surface area contributed by atoms with Crippen LogP contribution in [0.15, 0.2) is 102 Å². The summed E-state index contributed by atoms with van der Waals surface area (Å²) in [4.78, 5) is 45.6. The molecule has 314 valence electrons. The number of aromatic amines is 1. The van der Waals surface area contributed by atoms with Crippen LogP contribution in [-0.4, -0.2) is 96.1 Å². The monoisotopic (exact) mass is 815 g/mol. The van der Waals surface area contributed by atoms with Gasteiger partial charge < -0.3 is 44.9 Å². The second kappa shape index (κ2) is 18.6. The number of hydrogen-bond acceptors (Lipinski definition) is 10. The number of nitrogens with one attached hydrogen (secondary N) is 3. The first kappa shape index (κ1) is 40.9. The van der Waals surface area contributed by atoms with E-state index in [1.807, 2.05) is 65.6 Å². The van der Waals surface area contributed by atoms with Crippen molar-refractivity contribution in [1.82, 2.24) is 25.4 Å². The van der Waals surface area contributed by atoms with Gasteiger partial charge >= 0.3 is 6.09 Å². The van der Waals surface area contributed by atoms with Crippen molar-refractivity contribution in [2.75, 3.05) is 53.0 Å². The van der Waals surface area contributed by atoms with Crippen molar-refractivity contribution in [2.45, 2.75) is 50.5 Å². The summed E-state index contributed by atoms with van der Waals surface area (Å²) in [7, 11) is 1.57. The molecule has 4 saturated heterocycles. The Morgan fingerprint density at radius 3 is 2.42 bits per heavy atom. The van der Waals surface area contributed by atoms with Crippen LogP contribution in [-0.2, 0) is 11.3 Å². The minimum atomic E-state index is -0.907. The molecule has 4 aliphatic rings. The molecule has 5 aromatic rings. The molecule has 4 fully saturated rings.